The first-order valence-corrected chi connectivity index (χ1v) is 10.3. The Kier molecular flexibility index (Phi) is 8.48. The third-order valence-corrected chi connectivity index (χ3v) is 5.90. The van der Waals surface area contributed by atoms with Crippen LogP contribution in [0.4, 0.5) is 0 Å². The van der Waals surface area contributed by atoms with Gasteiger partial charge < -0.3 is 4.81 Å². The molecule has 126 valence electrons. The Morgan fingerprint density at radius 3 is 2.14 bits per heavy atom. The summed E-state index contributed by atoms with van der Waals surface area (Å²) in [4.78, 5) is 2.92. The molecule has 0 saturated heterocycles. The highest BCUT2D eigenvalue weighted by Gasteiger charge is 2.29. The molecule has 2 aliphatic carbocycles. The third kappa shape index (κ3) is 5.35. The Morgan fingerprint density at radius 2 is 1.45 bits per heavy atom. The van der Waals surface area contributed by atoms with Gasteiger partial charge in [0, 0.05) is 6.04 Å². The fraction of sp³-hybridized carbons (Fsp3) is 0.900. The number of allylic oxidation sites excluding steroid dienone is 2. The van der Waals surface area contributed by atoms with E-state index in [2.05, 4.69) is 24.7 Å². The lowest BCUT2D eigenvalue weighted by Crippen LogP contribution is -2.46. The summed E-state index contributed by atoms with van der Waals surface area (Å²) in [6.07, 6.45) is 23.8. The maximum Gasteiger partial charge on any atom is 0.253 e. The molecule has 0 aliphatic heterocycles. The summed E-state index contributed by atoms with van der Waals surface area (Å²) in [5, 5.41) is 0. The second-order valence-corrected chi connectivity index (χ2v) is 7.52. The van der Waals surface area contributed by atoms with Crippen molar-refractivity contribution in [3.63, 3.8) is 0 Å². The minimum absolute atomic E-state index is 0.775. The van der Waals surface area contributed by atoms with Crippen LogP contribution in [0.1, 0.15) is 97.3 Å². The molecule has 1 nitrogen and oxygen atoms in total. The second-order valence-electron chi connectivity index (χ2n) is 7.52. The zero-order valence-electron chi connectivity index (χ0n) is 15.3. The van der Waals surface area contributed by atoms with E-state index in [1.54, 1.807) is 5.70 Å². The van der Waals surface area contributed by atoms with Gasteiger partial charge in [-0.05, 0) is 44.2 Å². The minimum Gasteiger partial charge on any atom is -0.416 e. The largest absolute Gasteiger partial charge is 0.416 e. The lowest BCUT2D eigenvalue weighted by molar-refractivity contribution is 0.281. The molecule has 0 spiro atoms. The van der Waals surface area contributed by atoms with Crippen LogP contribution in [-0.2, 0) is 0 Å². The van der Waals surface area contributed by atoms with E-state index in [9.17, 15) is 0 Å². The summed E-state index contributed by atoms with van der Waals surface area (Å²) in [5.41, 5.74) is 1.72. The lowest BCUT2D eigenvalue weighted by Gasteiger charge is -2.42. The standard InChI is InChI=1S/C20H38BN/c1-3-21(4-2)22(20-17-13-10-14-18-20)19-15-11-8-6-5-7-9-12-16-19/h15,20H,3-14,16-18H2,1-2H3. The van der Waals surface area contributed by atoms with Crippen LogP contribution in [0.2, 0.25) is 12.6 Å². The van der Waals surface area contributed by atoms with Gasteiger partial charge in [-0.2, -0.15) is 0 Å². The van der Waals surface area contributed by atoms with Crippen molar-refractivity contribution in [3.05, 3.63) is 11.8 Å². The van der Waals surface area contributed by atoms with Crippen LogP contribution >= 0.6 is 0 Å². The van der Waals surface area contributed by atoms with E-state index in [-0.39, 0.29) is 0 Å². The van der Waals surface area contributed by atoms with Crippen LogP contribution in [0.5, 0.6) is 0 Å². The molecule has 0 amide bonds. The molecule has 2 rings (SSSR count). The van der Waals surface area contributed by atoms with Crippen molar-refractivity contribution in [2.45, 2.75) is 116 Å². The highest BCUT2D eigenvalue weighted by Crippen LogP contribution is 2.31. The van der Waals surface area contributed by atoms with Gasteiger partial charge in [0.2, 0.25) is 0 Å². The predicted molar refractivity (Wildman–Crippen MR) is 100 cm³/mol. The van der Waals surface area contributed by atoms with Crippen LogP contribution in [-0.4, -0.2) is 17.7 Å². The molecule has 0 aromatic heterocycles. The van der Waals surface area contributed by atoms with Gasteiger partial charge in [-0.15, -0.1) is 0 Å². The van der Waals surface area contributed by atoms with Crippen molar-refractivity contribution in [3.8, 4) is 0 Å². The van der Waals surface area contributed by atoms with Crippen molar-refractivity contribution in [1.29, 1.82) is 0 Å². The van der Waals surface area contributed by atoms with Crippen LogP contribution in [0.3, 0.4) is 0 Å². The van der Waals surface area contributed by atoms with Crippen molar-refractivity contribution in [2.75, 3.05) is 0 Å². The Labute approximate surface area is 140 Å². The molecule has 0 N–H and O–H groups in total. The maximum absolute atomic E-state index is 2.92. The zero-order valence-corrected chi connectivity index (χ0v) is 15.3. The van der Waals surface area contributed by atoms with Crippen LogP contribution in [0.15, 0.2) is 11.8 Å². The molecule has 0 heterocycles. The van der Waals surface area contributed by atoms with Crippen molar-refractivity contribution < 1.29 is 0 Å². The molecule has 0 aromatic carbocycles. The molecular weight excluding hydrogens is 265 g/mol. The van der Waals surface area contributed by atoms with Crippen molar-refractivity contribution in [2.24, 2.45) is 0 Å². The summed E-state index contributed by atoms with van der Waals surface area (Å²) in [7, 11) is 0. The van der Waals surface area contributed by atoms with E-state index < -0.39 is 0 Å². The first kappa shape index (κ1) is 18.0. The van der Waals surface area contributed by atoms with Gasteiger partial charge in [-0.25, -0.2) is 0 Å². The number of hydrogen-bond donors (Lipinski definition) is 0. The monoisotopic (exact) mass is 303 g/mol. The first-order chi connectivity index (χ1) is 10.9. The number of rotatable bonds is 5. The quantitative estimate of drug-likeness (QED) is 0.512. The number of hydrogen-bond acceptors (Lipinski definition) is 1. The van der Waals surface area contributed by atoms with E-state index in [0.717, 1.165) is 12.9 Å². The van der Waals surface area contributed by atoms with E-state index >= 15 is 0 Å². The Morgan fingerprint density at radius 1 is 0.864 bits per heavy atom. The summed E-state index contributed by atoms with van der Waals surface area (Å²) in [6, 6.07) is 0.841. The SMILES string of the molecule is CCB(CC)N(C1=CCCCCCCCC1)C1CCCCC1. The summed E-state index contributed by atoms with van der Waals surface area (Å²) in [6.45, 7) is 5.56. The van der Waals surface area contributed by atoms with Gasteiger partial charge in [-0.1, -0.05) is 77.5 Å². The highest BCUT2D eigenvalue weighted by atomic mass is 15.1. The molecule has 0 atom stereocenters. The van der Waals surface area contributed by atoms with E-state index in [4.69, 9.17) is 0 Å². The van der Waals surface area contributed by atoms with Gasteiger partial charge in [0.15, 0.2) is 0 Å². The smallest absolute Gasteiger partial charge is 0.253 e. The van der Waals surface area contributed by atoms with Crippen molar-refractivity contribution in [1.82, 2.24) is 4.81 Å². The number of nitrogens with zero attached hydrogens (tertiary/aromatic N) is 1. The molecule has 0 unspecified atom stereocenters. The van der Waals surface area contributed by atoms with Crippen LogP contribution in [0, 0.1) is 0 Å². The van der Waals surface area contributed by atoms with Gasteiger partial charge in [0.05, 0.1) is 0 Å². The zero-order chi connectivity index (χ0) is 15.6. The average molecular weight is 303 g/mol. The highest BCUT2D eigenvalue weighted by molar-refractivity contribution is 6.56. The molecular formula is C20H38BN. The Hall–Kier alpha value is -0.395. The molecule has 0 bridgehead atoms. The normalized spacial score (nSPS) is 22.0. The molecule has 1 saturated carbocycles. The minimum atomic E-state index is 0.775. The molecule has 0 aromatic rings. The van der Waals surface area contributed by atoms with Gasteiger partial charge >= 0.3 is 0 Å². The molecule has 0 radical (unpaired) electrons. The molecule has 2 aliphatic rings. The Balaban J connectivity index is 2.13. The fourth-order valence-corrected chi connectivity index (χ4v) is 4.57. The predicted octanol–water partition coefficient (Wildman–Crippen LogP) is 6.67. The first-order valence-electron chi connectivity index (χ1n) is 10.3. The average Bonchev–Trinajstić information content (AvgIpc) is 2.58. The summed E-state index contributed by atoms with van der Waals surface area (Å²) >= 11 is 0. The third-order valence-electron chi connectivity index (χ3n) is 5.90. The Bertz CT molecular complexity index is 316. The van der Waals surface area contributed by atoms with Crippen molar-refractivity contribution >= 4 is 6.85 Å². The molecule has 22 heavy (non-hydrogen) atoms. The molecule has 2 heteroatoms. The summed E-state index contributed by atoms with van der Waals surface area (Å²) < 4.78 is 0. The van der Waals surface area contributed by atoms with Crippen LogP contribution in [0.25, 0.3) is 0 Å². The van der Waals surface area contributed by atoms with E-state index in [1.165, 1.54) is 96.1 Å². The van der Waals surface area contributed by atoms with Gasteiger partial charge in [-0.3, -0.25) is 0 Å². The van der Waals surface area contributed by atoms with Gasteiger partial charge in [0.25, 0.3) is 6.85 Å². The maximum atomic E-state index is 2.92. The fourth-order valence-electron chi connectivity index (χ4n) is 4.57. The second kappa shape index (κ2) is 10.4. The topological polar surface area (TPSA) is 3.24 Å². The van der Waals surface area contributed by atoms with E-state index in [0.29, 0.717) is 0 Å². The van der Waals surface area contributed by atoms with Crippen LogP contribution < -0.4 is 0 Å². The lowest BCUT2D eigenvalue weighted by atomic mass is 9.53. The molecule has 1 fully saturated rings. The van der Waals surface area contributed by atoms with Gasteiger partial charge in [0.1, 0.15) is 0 Å². The van der Waals surface area contributed by atoms with E-state index in [1.807, 2.05) is 0 Å². The summed E-state index contributed by atoms with van der Waals surface area (Å²) in [5.74, 6) is 0.